The molecule has 1 saturated heterocycles. The minimum absolute atomic E-state index is 0.0341. The number of rotatable bonds is 10. The number of carbonyl (C=O) groups excluding carboxylic acids is 1. The number of aryl methyl sites for hydroxylation is 1. The highest BCUT2D eigenvalue weighted by molar-refractivity contribution is 7.98. The van der Waals surface area contributed by atoms with Crippen LogP contribution in [0.5, 0.6) is 0 Å². The largest absolute Gasteiger partial charge is 0.466 e. The van der Waals surface area contributed by atoms with Crippen LogP contribution in [0.4, 0.5) is 0 Å². The van der Waals surface area contributed by atoms with Crippen LogP contribution in [0.3, 0.4) is 0 Å². The van der Waals surface area contributed by atoms with Crippen LogP contribution in [0.15, 0.2) is 30.3 Å². The van der Waals surface area contributed by atoms with Gasteiger partial charge in [0.25, 0.3) is 0 Å². The molecule has 0 amide bonds. The molecule has 1 aliphatic heterocycles. The van der Waals surface area contributed by atoms with Crippen molar-refractivity contribution in [3.8, 4) is 0 Å². The minimum atomic E-state index is -0.263. The van der Waals surface area contributed by atoms with Crippen molar-refractivity contribution in [1.82, 2.24) is 4.90 Å². The molecule has 0 aliphatic carbocycles. The van der Waals surface area contributed by atoms with E-state index >= 15 is 0 Å². The molecular formula is C21H33NO2S. The molecule has 140 valence electrons. The fourth-order valence-electron chi connectivity index (χ4n) is 3.75. The van der Waals surface area contributed by atoms with E-state index in [-0.39, 0.29) is 11.4 Å². The van der Waals surface area contributed by atoms with Gasteiger partial charge in [-0.1, -0.05) is 30.3 Å². The van der Waals surface area contributed by atoms with Gasteiger partial charge in [-0.3, -0.25) is 4.79 Å². The Morgan fingerprint density at radius 2 is 1.92 bits per heavy atom. The van der Waals surface area contributed by atoms with Crippen LogP contribution in [-0.4, -0.2) is 49.1 Å². The number of hydrogen-bond acceptors (Lipinski definition) is 4. The van der Waals surface area contributed by atoms with Gasteiger partial charge in [0.15, 0.2) is 0 Å². The summed E-state index contributed by atoms with van der Waals surface area (Å²) >= 11 is 1.91. The van der Waals surface area contributed by atoms with Crippen molar-refractivity contribution in [3.63, 3.8) is 0 Å². The third kappa shape index (κ3) is 6.34. The molecule has 25 heavy (non-hydrogen) atoms. The van der Waals surface area contributed by atoms with Crippen LogP contribution in [0.2, 0.25) is 0 Å². The van der Waals surface area contributed by atoms with Gasteiger partial charge < -0.3 is 9.64 Å². The Labute approximate surface area is 157 Å². The Kier molecular flexibility index (Phi) is 8.83. The smallest absolute Gasteiger partial charge is 0.312 e. The Hall–Kier alpha value is -1.00. The molecule has 0 unspecified atom stereocenters. The Morgan fingerprint density at radius 3 is 2.56 bits per heavy atom. The lowest BCUT2D eigenvalue weighted by Crippen LogP contribution is -2.45. The lowest BCUT2D eigenvalue weighted by molar-refractivity contribution is -0.159. The Balaban J connectivity index is 1.88. The van der Waals surface area contributed by atoms with E-state index in [2.05, 4.69) is 41.5 Å². The lowest BCUT2D eigenvalue weighted by atomic mass is 9.74. The third-order valence-electron chi connectivity index (χ3n) is 5.31. The van der Waals surface area contributed by atoms with Crippen molar-refractivity contribution in [1.29, 1.82) is 0 Å². The monoisotopic (exact) mass is 363 g/mol. The number of benzene rings is 1. The van der Waals surface area contributed by atoms with Gasteiger partial charge in [0, 0.05) is 0 Å². The Morgan fingerprint density at radius 1 is 1.20 bits per heavy atom. The van der Waals surface area contributed by atoms with Crippen LogP contribution < -0.4 is 0 Å². The topological polar surface area (TPSA) is 29.5 Å². The molecule has 1 aliphatic rings. The quantitative estimate of drug-likeness (QED) is 0.455. The summed E-state index contributed by atoms with van der Waals surface area (Å²) < 4.78 is 5.46. The first-order chi connectivity index (χ1) is 12.2. The van der Waals surface area contributed by atoms with Crippen molar-refractivity contribution in [3.05, 3.63) is 35.9 Å². The summed E-state index contributed by atoms with van der Waals surface area (Å²) in [6, 6.07) is 10.6. The van der Waals surface area contributed by atoms with E-state index in [1.54, 1.807) is 0 Å². The highest BCUT2D eigenvalue weighted by atomic mass is 32.2. The standard InChI is InChI=1S/C21H33NO2S/c1-3-24-20(23)21(12-7-11-19-9-5-4-6-10-19)13-16-22(17-14-21)15-8-18-25-2/h4-6,9-10H,3,7-8,11-18H2,1-2H3. The molecule has 1 heterocycles. The second-order valence-electron chi connectivity index (χ2n) is 7.03. The number of carbonyl (C=O) groups is 1. The van der Waals surface area contributed by atoms with Gasteiger partial charge in [0.1, 0.15) is 0 Å². The van der Waals surface area contributed by atoms with E-state index in [0.29, 0.717) is 6.61 Å². The van der Waals surface area contributed by atoms with Gasteiger partial charge in [0.05, 0.1) is 12.0 Å². The molecule has 0 saturated carbocycles. The second kappa shape index (κ2) is 10.9. The van der Waals surface area contributed by atoms with E-state index < -0.39 is 0 Å². The lowest BCUT2D eigenvalue weighted by Gasteiger charge is -2.40. The van der Waals surface area contributed by atoms with E-state index in [4.69, 9.17) is 4.74 Å². The fraction of sp³-hybridized carbons (Fsp3) is 0.667. The van der Waals surface area contributed by atoms with Crippen LogP contribution in [-0.2, 0) is 16.0 Å². The van der Waals surface area contributed by atoms with Crippen molar-refractivity contribution in [2.24, 2.45) is 5.41 Å². The predicted molar refractivity (Wildman–Crippen MR) is 107 cm³/mol. The highest BCUT2D eigenvalue weighted by Gasteiger charge is 2.41. The molecular weight excluding hydrogens is 330 g/mol. The van der Waals surface area contributed by atoms with E-state index in [1.807, 2.05) is 18.7 Å². The molecule has 4 heteroatoms. The van der Waals surface area contributed by atoms with Crippen LogP contribution in [0.25, 0.3) is 0 Å². The summed E-state index contributed by atoms with van der Waals surface area (Å²) in [5.74, 6) is 1.25. The van der Waals surface area contributed by atoms with Crippen LogP contribution in [0, 0.1) is 5.41 Å². The summed E-state index contributed by atoms with van der Waals surface area (Å²) in [7, 11) is 0. The van der Waals surface area contributed by atoms with Gasteiger partial charge in [-0.25, -0.2) is 0 Å². The van der Waals surface area contributed by atoms with Gasteiger partial charge >= 0.3 is 5.97 Å². The summed E-state index contributed by atoms with van der Waals surface area (Å²) in [6.07, 6.45) is 8.32. The highest BCUT2D eigenvalue weighted by Crippen LogP contribution is 2.38. The molecule has 0 aromatic heterocycles. The normalized spacial score (nSPS) is 17.4. The Bertz CT molecular complexity index is 498. The molecule has 0 radical (unpaired) electrons. The van der Waals surface area contributed by atoms with E-state index in [1.165, 1.54) is 17.7 Å². The first kappa shape index (κ1) is 20.3. The second-order valence-corrected chi connectivity index (χ2v) is 8.01. The maximum Gasteiger partial charge on any atom is 0.312 e. The van der Waals surface area contributed by atoms with E-state index in [0.717, 1.165) is 51.7 Å². The zero-order chi connectivity index (χ0) is 18.0. The summed E-state index contributed by atoms with van der Waals surface area (Å²) in [5, 5.41) is 0. The van der Waals surface area contributed by atoms with Gasteiger partial charge in [-0.2, -0.15) is 11.8 Å². The van der Waals surface area contributed by atoms with Crippen LogP contribution in [0.1, 0.15) is 44.6 Å². The number of ether oxygens (including phenoxy) is 1. The molecule has 0 spiro atoms. The molecule has 0 bridgehead atoms. The summed E-state index contributed by atoms with van der Waals surface area (Å²) in [4.78, 5) is 15.2. The molecule has 0 N–H and O–H groups in total. The zero-order valence-corrected chi connectivity index (χ0v) is 16.7. The number of likely N-dealkylation sites (tertiary alicyclic amines) is 1. The van der Waals surface area contributed by atoms with E-state index in [9.17, 15) is 4.79 Å². The number of hydrogen-bond donors (Lipinski definition) is 0. The predicted octanol–water partition coefficient (Wildman–Crippen LogP) is 4.41. The fourth-order valence-corrected chi connectivity index (χ4v) is 4.17. The number of piperidine rings is 1. The van der Waals surface area contributed by atoms with Gasteiger partial charge in [-0.05, 0) is 82.7 Å². The molecule has 3 nitrogen and oxygen atoms in total. The third-order valence-corrected chi connectivity index (χ3v) is 6.00. The molecule has 1 aromatic carbocycles. The molecule has 1 aromatic rings. The molecule has 1 fully saturated rings. The number of thioether (sulfide) groups is 1. The summed E-state index contributed by atoms with van der Waals surface area (Å²) in [5.41, 5.74) is 1.09. The van der Waals surface area contributed by atoms with Crippen molar-refractivity contribution in [2.45, 2.75) is 45.4 Å². The van der Waals surface area contributed by atoms with Gasteiger partial charge in [0.2, 0.25) is 0 Å². The first-order valence-electron chi connectivity index (χ1n) is 9.62. The maximum atomic E-state index is 12.7. The number of nitrogens with zero attached hydrogens (tertiary/aromatic N) is 1. The summed E-state index contributed by atoms with van der Waals surface area (Å²) in [6.45, 7) is 5.60. The maximum absolute atomic E-state index is 12.7. The van der Waals surface area contributed by atoms with Crippen molar-refractivity contribution >= 4 is 17.7 Å². The van der Waals surface area contributed by atoms with Gasteiger partial charge in [-0.15, -0.1) is 0 Å². The van der Waals surface area contributed by atoms with Crippen molar-refractivity contribution < 1.29 is 9.53 Å². The van der Waals surface area contributed by atoms with Crippen molar-refractivity contribution in [2.75, 3.05) is 38.2 Å². The van der Waals surface area contributed by atoms with Crippen LogP contribution >= 0.6 is 11.8 Å². The molecule has 2 rings (SSSR count). The first-order valence-corrected chi connectivity index (χ1v) is 11.0. The number of esters is 1. The molecule has 0 atom stereocenters. The minimum Gasteiger partial charge on any atom is -0.466 e. The average Bonchev–Trinajstić information content (AvgIpc) is 2.64. The zero-order valence-electron chi connectivity index (χ0n) is 15.8. The average molecular weight is 364 g/mol. The SMILES string of the molecule is CCOC(=O)C1(CCCc2ccccc2)CCN(CCCSC)CC1.